The molecule has 2 aliphatic heterocycles. The fourth-order valence-electron chi connectivity index (χ4n) is 4.45. The molecular weight excluding hydrogens is 418 g/mol. The minimum atomic E-state index is -0.0243. The van der Waals surface area contributed by atoms with Gasteiger partial charge in [-0.25, -0.2) is 0 Å². The van der Waals surface area contributed by atoms with Crippen LogP contribution in [0.3, 0.4) is 0 Å². The first-order valence-electron chi connectivity index (χ1n) is 11.8. The first kappa shape index (κ1) is 22.9. The van der Waals surface area contributed by atoms with Crippen LogP contribution in [-0.2, 0) is 11.3 Å². The smallest absolute Gasteiger partial charge is 0.251 e. The lowest BCUT2D eigenvalue weighted by Crippen LogP contribution is -2.30. The van der Waals surface area contributed by atoms with Crippen molar-refractivity contribution in [2.24, 2.45) is 0 Å². The van der Waals surface area contributed by atoms with Crippen molar-refractivity contribution in [2.45, 2.75) is 44.0 Å². The van der Waals surface area contributed by atoms with Crippen LogP contribution in [-0.4, -0.2) is 53.5 Å². The molecule has 170 valence electrons. The number of nitrogens with one attached hydrogen (secondary N) is 1. The molecule has 0 spiro atoms. The molecule has 2 aromatic carbocycles. The number of carbonyl (C=O) groups is 2. The summed E-state index contributed by atoms with van der Waals surface area (Å²) in [5.41, 5.74) is 2.87. The van der Waals surface area contributed by atoms with Gasteiger partial charge in [0, 0.05) is 18.7 Å². The van der Waals surface area contributed by atoms with E-state index in [4.69, 9.17) is 0 Å². The van der Waals surface area contributed by atoms with Gasteiger partial charge in [0.2, 0.25) is 5.91 Å². The summed E-state index contributed by atoms with van der Waals surface area (Å²) in [5.74, 6) is 0.635. The molecule has 0 saturated carbocycles. The Morgan fingerprint density at radius 2 is 1.69 bits per heavy atom. The lowest BCUT2D eigenvalue weighted by molar-refractivity contribution is -0.128. The molecule has 2 fully saturated rings. The van der Waals surface area contributed by atoms with Gasteiger partial charge in [-0.3, -0.25) is 9.59 Å². The summed E-state index contributed by atoms with van der Waals surface area (Å²) < 4.78 is 0. The van der Waals surface area contributed by atoms with Gasteiger partial charge in [0.25, 0.3) is 5.91 Å². The zero-order chi connectivity index (χ0) is 22.2. The van der Waals surface area contributed by atoms with Crippen molar-refractivity contribution in [3.05, 3.63) is 71.3 Å². The summed E-state index contributed by atoms with van der Waals surface area (Å²) in [6.07, 6.45) is 6.28. The molecule has 2 amide bonds. The van der Waals surface area contributed by atoms with E-state index in [1.54, 1.807) is 11.8 Å². The minimum absolute atomic E-state index is 0.00607. The van der Waals surface area contributed by atoms with Crippen molar-refractivity contribution < 1.29 is 9.59 Å². The Labute approximate surface area is 195 Å². The third kappa shape index (κ3) is 6.14. The van der Waals surface area contributed by atoms with Crippen molar-refractivity contribution in [3.8, 4) is 0 Å². The summed E-state index contributed by atoms with van der Waals surface area (Å²) in [5, 5.41) is 3.05. The van der Waals surface area contributed by atoms with Crippen LogP contribution in [0.15, 0.2) is 54.6 Å². The lowest BCUT2D eigenvalue weighted by atomic mass is 10.1. The molecule has 1 N–H and O–H groups in total. The highest BCUT2D eigenvalue weighted by molar-refractivity contribution is 8.00. The molecule has 4 rings (SSSR count). The van der Waals surface area contributed by atoms with Gasteiger partial charge >= 0.3 is 0 Å². The summed E-state index contributed by atoms with van der Waals surface area (Å²) in [6.45, 7) is 4.76. The largest absolute Gasteiger partial charge is 0.352 e. The number of hydrogen-bond acceptors (Lipinski definition) is 4. The van der Waals surface area contributed by atoms with Gasteiger partial charge in [0.1, 0.15) is 5.37 Å². The molecule has 5 nitrogen and oxygen atoms in total. The van der Waals surface area contributed by atoms with Crippen LogP contribution in [0.2, 0.25) is 0 Å². The number of rotatable bonds is 8. The zero-order valence-corrected chi connectivity index (χ0v) is 19.5. The predicted octanol–water partition coefficient (Wildman–Crippen LogP) is 4.46. The Morgan fingerprint density at radius 1 is 0.969 bits per heavy atom. The fraction of sp³-hybridized carbons (Fsp3) is 0.462. The molecule has 2 heterocycles. The van der Waals surface area contributed by atoms with E-state index in [-0.39, 0.29) is 17.2 Å². The third-order valence-electron chi connectivity index (χ3n) is 6.26. The van der Waals surface area contributed by atoms with Gasteiger partial charge in [-0.2, -0.15) is 0 Å². The number of amides is 2. The van der Waals surface area contributed by atoms with E-state index >= 15 is 0 Å². The number of carbonyl (C=O) groups excluding carboxylic acids is 2. The van der Waals surface area contributed by atoms with Crippen molar-refractivity contribution in [1.29, 1.82) is 0 Å². The summed E-state index contributed by atoms with van der Waals surface area (Å²) >= 11 is 1.65. The number of benzene rings is 2. The average Bonchev–Trinajstić information content (AvgIpc) is 3.01. The van der Waals surface area contributed by atoms with Gasteiger partial charge in [0.05, 0.1) is 5.75 Å². The molecule has 0 unspecified atom stereocenters. The monoisotopic (exact) mass is 451 g/mol. The molecule has 0 bridgehead atoms. The van der Waals surface area contributed by atoms with E-state index in [0.717, 1.165) is 24.1 Å². The third-order valence-corrected chi connectivity index (χ3v) is 7.51. The van der Waals surface area contributed by atoms with E-state index in [2.05, 4.69) is 10.2 Å². The van der Waals surface area contributed by atoms with Gasteiger partial charge in [-0.1, -0.05) is 55.3 Å². The SMILES string of the molecule is O=C(NCCCN1CCCCCC1)c1ccc([C@@H]2SCC(=O)N2Cc2ccccc2)cc1. The van der Waals surface area contributed by atoms with Crippen LogP contribution >= 0.6 is 11.8 Å². The van der Waals surface area contributed by atoms with Crippen LogP contribution in [0.5, 0.6) is 0 Å². The molecule has 6 heteroatoms. The van der Waals surface area contributed by atoms with Gasteiger partial charge in [-0.05, 0) is 62.2 Å². The second-order valence-electron chi connectivity index (χ2n) is 8.66. The predicted molar refractivity (Wildman–Crippen MR) is 130 cm³/mol. The first-order chi connectivity index (χ1) is 15.7. The fourth-order valence-corrected chi connectivity index (χ4v) is 5.63. The molecule has 0 aromatic heterocycles. The van der Waals surface area contributed by atoms with E-state index in [0.29, 0.717) is 24.4 Å². The molecule has 2 saturated heterocycles. The Hall–Kier alpha value is -2.31. The molecule has 2 aromatic rings. The molecule has 32 heavy (non-hydrogen) atoms. The van der Waals surface area contributed by atoms with E-state index < -0.39 is 0 Å². The van der Waals surface area contributed by atoms with Crippen LogP contribution in [0.1, 0.15) is 59.0 Å². The maximum atomic E-state index is 12.5. The van der Waals surface area contributed by atoms with E-state index in [1.165, 1.54) is 38.8 Å². The number of nitrogens with zero attached hydrogens (tertiary/aromatic N) is 2. The van der Waals surface area contributed by atoms with Crippen molar-refractivity contribution in [3.63, 3.8) is 0 Å². The second kappa shape index (κ2) is 11.5. The van der Waals surface area contributed by atoms with Crippen LogP contribution < -0.4 is 5.32 Å². The average molecular weight is 452 g/mol. The van der Waals surface area contributed by atoms with Crippen LogP contribution in [0.4, 0.5) is 0 Å². The van der Waals surface area contributed by atoms with Crippen LogP contribution in [0, 0.1) is 0 Å². The van der Waals surface area contributed by atoms with Crippen molar-refractivity contribution in [2.75, 3.05) is 31.9 Å². The molecular formula is C26H33N3O2S. The summed E-state index contributed by atoms with van der Waals surface area (Å²) in [7, 11) is 0. The van der Waals surface area contributed by atoms with Crippen molar-refractivity contribution >= 4 is 23.6 Å². The first-order valence-corrected chi connectivity index (χ1v) is 12.8. The number of hydrogen-bond donors (Lipinski definition) is 1. The quantitative estimate of drug-likeness (QED) is 0.602. The molecule has 1 atom stereocenters. The number of thioether (sulfide) groups is 1. The zero-order valence-electron chi connectivity index (χ0n) is 18.7. The topological polar surface area (TPSA) is 52.7 Å². The molecule has 2 aliphatic rings. The van der Waals surface area contributed by atoms with Crippen LogP contribution in [0.25, 0.3) is 0 Å². The highest BCUT2D eigenvalue weighted by atomic mass is 32.2. The minimum Gasteiger partial charge on any atom is -0.352 e. The Kier molecular flexibility index (Phi) is 8.24. The standard InChI is InChI=1S/C26H33N3O2S/c30-24-20-32-26(29(24)19-21-9-4-3-5-10-21)23-13-11-22(12-14-23)25(31)27-15-8-18-28-16-6-1-2-7-17-28/h3-5,9-14,26H,1-2,6-8,15-20H2,(H,27,31)/t26-/m0/s1. The normalized spacial score (nSPS) is 19.7. The Morgan fingerprint density at radius 3 is 2.41 bits per heavy atom. The van der Waals surface area contributed by atoms with E-state index in [9.17, 15) is 9.59 Å². The molecule has 0 aliphatic carbocycles. The van der Waals surface area contributed by atoms with Gasteiger partial charge in [-0.15, -0.1) is 11.8 Å². The Bertz CT molecular complexity index is 880. The lowest BCUT2D eigenvalue weighted by Gasteiger charge is -2.24. The highest BCUT2D eigenvalue weighted by Gasteiger charge is 2.32. The summed E-state index contributed by atoms with van der Waals surface area (Å²) in [4.78, 5) is 29.5. The van der Waals surface area contributed by atoms with Gasteiger partial charge < -0.3 is 15.1 Å². The molecule has 0 radical (unpaired) electrons. The van der Waals surface area contributed by atoms with E-state index in [1.807, 2.05) is 59.5 Å². The highest BCUT2D eigenvalue weighted by Crippen LogP contribution is 2.39. The van der Waals surface area contributed by atoms with Crippen molar-refractivity contribution in [1.82, 2.24) is 15.1 Å². The maximum absolute atomic E-state index is 12.5. The van der Waals surface area contributed by atoms with Gasteiger partial charge in [0.15, 0.2) is 0 Å². The second-order valence-corrected chi connectivity index (χ2v) is 9.73. The summed E-state index contributed by atoms with van der Waals surface area (Å²) in [6, 6.07) is 17.8. The number of likely N-dealkylation sites (tertiary alicyclic amines) is 1. The Balaban J connectivity index is 1.28. The maximum Gasteiger partial charge on any atom is 0.251 e.